The minimum atomic E-state index is -0.173. The molecular weight excluding hydrogens is 224 g/mol. The van der Waals surface area contributed by atoms with Crippen LogP contribution in [-0.4, -0.2) is 28.1 Å². The largest absolute Gasteiger partial charge is 0.508 e. The Labute approximate surface area is 98.2 Å². The van der Waals surface area contributed by atoms with Gasteiger partial charge in [-0.2, -0.15) is 0 Å². The molecule has 0 saturated carbocycles. The van der Waals surface area contributed by atoms with Crippen LogP contribution in [0.15, 0.2) is 30.0 Å². The van der Waals surface area contributed by atoms with Crippen molar-refractivity contribution in [3.63, 3.8) is 0 Å². The predicted molar refractivity (Wildman–Crippen MR) is 64.6 cm³/mol. The zero-order chi connectivity index (χ0) is 11.7. The summed E-state index contributed by atoms with van der Waals surface area (Å²) in [7, 11) is 1.61. The molecule has 0 radical (unpaired) electrons. The Hall–Kier alpha value is -1.88. The second-order valence-electron chi connectivity index (χ2n) is 3.45. The van der Waals surface area contributed by atoms with Gasteiger partial charge in [-0.3, -0.25) is 9.69 Å². The first kappa shape index (κ1) is 10.6. The Morgan fingerprint density at radius 1 is 1.50 bits per heavy atom. The van der Waals surface area contributed by atoms with Crippen LogP contribution in [0.4, 0.5) is 0 Å². The van der Waals surface area contributed by atoms with Gasteiger partial charge in [-0.05, 0) is 36.0 Å². The molecule has 1 amide bonds. The number of benzene rings is 1. The normalized spacial score (nSPS) is 18.1. The highest BCUT2D eigenvalue weighted by Gasteiger charge is 2.26. The molecule has 1 heterocycles. The monoisotopic (exact) mass is 234 g/mol. The first-order chi connectivity index (χ1) is 7.58. The molecule has 0 aromatic heterocycles. The molecule has 0 atom stereocenters. The zero-order valence-corrected chi connectivity index (χ0v) is 9.41. The van der Waals surface area contributed by atoms with Crippen molar-refractivity contribution < 1.29 is 9.90 Å². The molecule has 5 heteroatoms. The highest BCUT2D eigenvalue weighted by atomic mass is 32.1. The lowest BCUT2D eigenvalue weighted by Crippen LogP contribution is -2.25. The first-order valence-electron chi connectivity index (χ1n) is 4.67. The second-order valence-corrected chi connectivity index (χ2v) is 3.83. The number of nitrogens with one attached hydrogen (secondary N) is 1. The maximum Gasteiger partial charge on any atom is 0.276 e. The van der Waals surface area contributed by atoms with Gasteiger partial charge in [0.1, 0.15) is 11.4 Å². The molecule has 0 aliphatic carbocycles. The van der Waals surface area contributed by atoms with Crippen LogP contribution in [0, 0.1) is 0 Å². The number of hydrogen-bond donors (Lipinski definition) is 2. The fourth-order valence-electron chi connectivity index (χ4n) is 1.40. The molecule has 1 aromatic carbocycles. The Balaban J connectivity index is 2.33. The standard InChI is InChI=1S/C11H10N2O2S/c1-13-10(15)9(12-11(13)16)6-7-3-2-4-8(14)5-7/h2-6,14H,1H3,(H,12,16)/b9-6+. The van der Waals surface area contributed by atoms with E-state index in [1.807, 2.05) is 0 Å². The van der Waals surface area contributed by atoms with Crippen LogP contribution >= 0.6 is 12.2 Å². The number of likely N-dealkylation sites (N-methyl/N-ethyl adjacent to an activating group) is 1. The fourth-order valence-corrected chi connectivity index (χ4v) is 1.60. The molecule has 0 bridgehead atoms. The summed E-state index contributed by atoms with van der Waals surface area (Å²) in [6.45, 7) is 0. The van der Waals surface area contributed by atoms with Gasteiger partial charge in [0.05, 0.1) is 0 Å². The summed E-state index contributed by atoms with van der Waals surface area (Å²) in [6, 6.07) is 6.65. The summed E-state index contributed by atoms with van der Waals surface area (Å²) in [5, 5.41) is 12.5. The number of aromatic hydroxyl groups is 1. The lowest BCUT2D eigenvalue weighted by molar-refractivity contribution is -0.121. The van der Waals surface area contributed by atoms with E-state index in [0.717, 1.165) is 5.56 Å². The molecule has 4 nitrogen and oxygen atoms in total. The minimum absolute atomic E-state index is 0.163. The van der Waals surface area contributed by atoms with Crippen LogP contribution in [0.25, 0.3) is 6.08 Å². The molecule has 1 aromatic rings. The van der Waals surface area contributed by atoms with E-state index in [1.165, 1.54) is 4.90 Å². The Morgan fingerprint density at radius 3 is 2.81 bits per heavy atom. The zero-order valence-electron chi connectivity index (χ0n) is 8.60. The van der Waals surface area contributed by atoms with E-state index in [2.05, 4.69) is 5.32 Å². The van der Waals surface area contributed by atoms with Gasteiger partial charge in [-0.15, -0.1) is 0 Å². The molecular formula is C11H10N2O2S. The van der Waals surface area contributed by atoms with Crippen molar-refractivity contribution in [3.05, 3.63) is 35.5 Å². The molecule has 1 fully saturated rings. The van der Waals surface area contributed by atoms with Crippen LogP contribution in [0.2, 0.25) is 0 Å². The number of nitrogens with zero attached hydrogens (tertiary/aromatic N) is 1. The third-order valence-corrected chi connectivity index (χ3v) is 2.64. The summed E-state index contributed by atoms with van der Waals surface area (Å²) in [6.07, 6.45) is 1.65. The summed E-state index contributed by atoms with van der Waals surface area (Å²) in [5.74, 6) is -0.0101. The maximum atomic E-state index is 11.7. The Morgan fingerprint density at radius 2 is 2.25 bits per heavy atom. The third-order valence-electron chi connectivity index (χ3n) is 2.26. The molecule has 2 N–H and O–H groups in total. The van der Waals surface area contributed by atoms with Gasteiger partial charge in [-0.25, -0.2) is 0 Å². The van der Waals surface area contributed by atoms with Gasteiger partial charge < -0.3 is 10.4 Å². The van der Waals surface area contributed by atoms with Crippen molar-refractivity contribution in [3.8, 4) is 5.75 Å². The van der Waals surface area contributed by atoms with Crippen molar-refractivity contribution in [2.75, 3.05) is 7.05 Å². The number of amides is 1. The average molecular weight is 234 g/mol. The highest BCUT2D eigenvalue weighted by Crippen LogP contribution is 2.16. The summed E-state index contributed by atoms with van der Waals surface area (Å²) >= 11 is 4.94. The van der Waals surface area contributed by atoms with Crippen LogP contribution in [0.1, 0.15) is 5.56 Å². The fraction of sp³-hybridized carbons (Fsp3) is 0.0909. The average Bonchev–Trinajstić information content (AvgIpc) is 2.47. The van der Waals surface area contributed by atoms with E-state index in [1.54, 1.807) is 37.4 Å². The van der Waals surface area contributed by atoms with Gasteiger partial charge in [0.25, 0.3) is 5.91 Å². The van der Waals surface area contributed by atoms with E-state index in [4.69, 9.17) is 12.2 Å². The number of carbonyl (C=O) groups excluding carboxylic acids is 1. The molecule has 1 aliphatic rings. The molecule has 16 heavy (non-hydrogen) atoms. The quantitative estimate of drug-likeness (QED) is 0.564. The molecule has 2 rings (SSSR count). The van der Waals surface area contributed by atoms with E-state index < -0.39 is 0 Å². The molecule has 0 spiro atoms. The summed E-state index contributed by atoms with van der Waals surface area (Å²) in [5.41, 5.74) is 1.16. The topological polar surface area (TPSA) is 52.6 Å². The van der Waals surface area contributed by atoms with E-state index >= 15 is 0 Å². The number of phenols is 1. The van der Waals surface area contributed by atoms with Crippen LogP contribution in [0.3, 0.4) is 0 Å². The van der Waals surface area contributed by atoms with Crippen molar-refractivity contribution in [1.29, 1.82) is 0 Å². The lowest BCUT2D eigenvalue weighted by atomic mass is 10.2. The number of phenolic OH excluding ortho intramolecular Hbond substituents is 1. The SMILES string of the molecule is CN1C(=O)/C(=C\c2cccc(O)c2)NC1=S. The smallest absolute Gasteiger partial charge is 0.276 e. The third kappa shape index (κ3) is 1.90. The number of rotatable bonds is 1. The number of carbonyl (C=O) groups is 1. The van der Waals surface area contributed by atoms with Gasteiger partial charge in [0.15, 0.2) is 5.11 Å². The second kappa shape index (κ2) is 3.94. The van der Waals surface area contributed by atoms with Crippen molar-refractivity contribution in [1.82, 2.24) is 10.2 Å². The maximum absolute atomic E-state index is 11.7. The van der Waals surface area contributed by atoms with E-state index in [9.17, 15) is 9.90 Å². The highest BCUT2D eigenvalue weighted by molar-refractivity contribution is 7.80. The number of thiocarbonyl (C=S) groups is 1. The summed E-state index contributed by atoms with van der Waals surface area (Å²) < 4.78 is 0. The van der Waals surface area contributed by atoms with Crippen molar-refractivity contribution in [2.45, 2.75) is 0 Å². The van der Waals surface area contributed by atoms with Crippen LogP contribution in [0.5, 0.6) is 5.75 Å². The van der Waals surface area contributed by atoms with E-state index in [-0.39, 0.29) is 11.7 Å². The molecule has 1 saturated heterocycles. The number of hydrogen-bond acceptors (Lipinski definition) is 3. The van der Waals surface area contributed by atoms with Crippen LogP contribution < -0.4 is 5.32 Å². The van der Waals surface area contributed by atoms with Crippen molar-refractivity contribution in [2.24, 2.45) is 0 Å². The summed E-state index contributed by atoms with van der Waals surface area (Å²) in [4.78, 5) is 13.0. The minimum Gasteiger partial charge on any atom is -0.508 e. The lowest BCUT2D eigenvalue weighted by Gasteiger charge is -2.02. The molecule has 0 unspecified atom stereocenters. The Kier molecular flexibility index (Phi) is 2.62. The van der Waals surface area contributed by atoms with E-state index in [0.29, 0.717) is 10.8 Å². The van der Waals surface area contributed by atoms with Gasteiger partial charge in [-0.1, -0.05) is 12.1 Å². The van der Waals surface area contributed by atoms with Gasteiger partial charge >= 0.3 is 0 Å². The van der Waals surface area contributed by atoms with Crippen molar-refractivity contribution >= 4 is 29.3 Å². The predicted octanol–water partition coefficient (Wildman–Crippen LogP) is 1.08. The Bertz CT molecular complexity index is 497. The van der Waals surface area contributed by atoms with Gasteiger partial charge in [0, 0.05) is 7.05 Å². The van der Waals surface area contributed by atoms with Crippen LogP contribution in [-0.2, 0) is 4.79 Å². The van der Waals surface area contributed by atoms with Gasteiger partial charge in [0.2, 0.25) is 0 Å². The first-order valence-corrected chi connectivity index (χ1v) is 5.08. The molecule has 1 aliphatic heterocycles. The molecule has 82 valence electrons.